The number of oxazole rings is 1. The maximum absolute atomic E-state index is 12.9. The number of carbonyl (C=O) groups is 1. The Hall–Kier alpha value is -2.21. The molecular formula is C17H20FN3O2. The lowest BCUT2D eigenvalue weighted by molar-refractivity contribution is -0.122. The molecular weight excluding hydrogens is 297 g/mol. The average Bonchev–Trinajstić information content (AvgIpc) is 3.18. The Balaban J connectivity index is 1.64. The minimum Gasteiger partial charge on any atom is -0.444 e. The maximum atomic E-state index is 12.9. The Bertz CT molecular complexity index is 675. The summed E-state index contributed by atoms with van der Waals surface area (Å²) < 4.78 is 18.3. The van der Waals surface area contributed by atoms with Gasteiger partial charge in [-0.3, -0.25) is 4.79 Å². The number of aromatic nitrogens is 1. The molecule has 3 rings (SSSR count). The van der Waals surface area contributed by atoms with Gasteiger partial charge in [-0.2, -0.15) is 0 Å². The fourth-order valence-corrected chi connectivity index (χ4v) is 3.05. The standard InChI is InChI=1S/C17H20FN3O2/c18-13-5-3-12(4-6-13)16-20-14(10-23-16)9-15(22)21-17(11-19)7-1-2-8-17/h3-6,10H,1-2,7-9,11,19H2,(H,21,22). The van der Waals surface area contributed by atoms with Gasteiger partial charge in [-0.15, -0.1) is 0 Å². The quantitative estimate of drug-likeness (QED) is 0.887. The molecule has 0 atom stereocenters. The molecule has 0 radical (unpaired) electrons. The van der Waals surface area contributed by atoms with Gasteiger partial charge in [0.15, 0.2) is 0 Å². The van der Waals surface area contributed by atoms with Crippen molar-refractivity contribution in [1.82, 2.24) is 10.3 Å². The number of hydrogen-bond donors (Lipinski definition) is 2. The third-order valence-corrected chi connectivity index (χ3v) is 4.34. The van der Waals surface area contributed by atoms with Crippen LogP contribution in [0.5, 0.6) is 0 Å². The molecule has 1 aromatic carbocycles. The highest BCUT2D eigenvalue weighted by Gasteiger charge is 2.33. The van der Waals surface area contributed by atoms with Crippen LogP contribution in [0.2, 0.25) is 0 Å². The lowest BCUT2D eigenvalue weighted by Gasteiger charge is -2.28. The molecule has 0 saturated heterocycles. The van der Waals surface area contributed by atoms with Gasteiger partial charge in [-0.1, -0.05) is 12.8 Å². The molecule has 1 heterocycles. The number of benzene rings is 1. The van der Waals surface area contributed by atoms with Crippen molar-refractivity contribution in [3.05, 3.63) is 42.0 Å². The predicted octanol–water partition coefficient (Wildman–Crippen LogP) is 2.41. The lowest BCUT2D eigenvalue weighted by Crippen LogP contribution is -2.52. The van der Waals surface area contributed by atoms with E-state index in [4.69, 9.17) is 10.2 Å². The Morgan fingerprint density at radius 3 is 2.65 bits per heavy atom. The molecule has 0 unspecified atom stereocenters. The van der Waals surface area contributed by atoms with Gasteiger partial charge in [0.05, 0.1) is 17.7 Å². The van der Waals surface area contributed by atoms with Gasteiger partial charge in [0, 0.05) is 12.1 Å². The molecule has 1 aliphatic carbocycles. The van der Waals surface area contributed by atoms with Crippen molar-refractivity contribution in [3.8, 4) is 11.5 Å². The van der Waals surface area contributed by atoms with Gasteiger partial charge in [0.1, 0.15) is 12.1 Å². The molecule has 122 valence electrons. The van der Waals surface area contributed by atoms with Crippen LogP contribution in [0.4, 0.5) is 4.39 Å². The second-order valence-corrected chi connectivity index (χ2v) is 6.07. The van der Waals surface area contributed by atoms with Gasteiger partial charge in [-0.25, -0.2) is 9.37 Å². The maximum Gasteiger partial charge on any atom is 0.226 e. The molecule has 5 nitrogen and oxygen atoms in total. The van der Waals surface area contributed by atoms with Crippen molar-refractivity contribution in [2.75, 3.05) is 6.54 Å². The van der Waals surface area contributed by atoms with E-state index in [-0.39, 0.29) is 23.7 Å². The molecule has 6 heteroatoms. The topological polar surface area (TPSA) is 81.1 Å². The first-order valence-electron chi connectivity index (χ1n) is 7.82. The Morgan fingerprint density at radius 2 is 2.00 bits per heavy atom. The molecule has 1 aliphatic rings. The third-order valence-electron chi connectivity index (χ3n) is 4.34. The van der Waals surface area contributed by atoms with E-state index in [9.17, 15) is 9.18 Å². The van der Waals surface area contributed by atoms with E-state index in [1.54, 1.807) is 12.1 Å². The minimum absolute atomic E-state index is 0.101. The number of carbonyl (C=O) groups excluding carboxylic acids is 1. The summed E-state index contributed by atoms with van der Waals surface area (Å²) in [6.45, 7) is 0.457. The van der Waals surface area contributed by atoms with Gasteiger partial charge < -0.3 is 15.5 Å². The summed E-state index contributed by atoms with van der Waals surface area (Å²) in [6, 6.07) is 5.87. The summed E-state index contributed by atoms with van der Waals surface area (Å²) in [5.74, 6) is -0.0398. The molecule has 2 aromatic rings. The van der Waals surface area contributed by atoms with Crippen molar-refractivity contribution >= 4 is 5.91 Å². The highest BCUT2D eigenvalue weighted by atomic mass is 19.1. The van der Waals surface area contributed by atoms with Gasteiger partial charge >= 0.3 is 0 Å². The van der Waals surface area contributed by atoms with E-state index in [0.717, 1.165) is 25.7 Å². The van der Waals surface area contributed by atoms with Crippen LogP contribution in [0.25, 0.3) is 11.5 Å². The Morgan fingerprint density at radius 1 is 1.30 bits per heavy atom. The summed E-state index contributed by atoms with van der Waals surface area (Å²) in [5.41, 5.74) is 6.78. The number of amides is 1. The Kier molecular flexibility index (Phi) is 4.43. The van der Waals surface area contributed by atoms with E-state index in [1.807, 2.05) is 0 Å². The number of hydrogen-bond acceptors (Lipinski definition) is 4. The van der Waals surface area contributed by atoms with Crippen LogP contribution in [-0.2, 0) is 11.2 Å². The summed E-state index contributed by atoms with van der Waals surface area (Å²) >= 11 is 0. The van der Waals surface area contributed by atoms with Crippen molar-refractivity contribution < 1.29 is 13.6 Å². The van der Waals surface area contributed by atoms with Crippen LogP contribution in [0.3, 0.4) is 0 Å². The molecule has 0 aliphatic heterocycles. The second kappa shape index (κ2) is 6.50. The summed E-state index contributed by atoms with van der Waals surface area (Å²) in [4.78, 5) is 16.5. The van der Waals surface area contributed by atoms with E-state index < -0.39 is 0 Å². The zero-order valence-corrected chi connectivity index (χ0v) is 12.8. The molecule has 1 saturated carbocycles. The summed E-state index contributed by atoms with van der Waals surface area (Å²) in [6.07, 6.45) is 5.64. The Labute approximate surface area is 134 Å². The van der Waals surface area contributed by atoms with Crippen molar-refractivity contribution in [1.29, 1.82) is 0 Å². The normalized spacial score (nSPS) is 16.4. The molecule has 0 spiro atoms. The van der Waals surface area contributed by atoms with Crippen LogP contribution in [0.15, 0.2) is 34.9 Å². The van der Waals surface area contributed by atoms with Gasteiger partial charge in [0.25, 0.3) is 0 Å². The highest BCUT2D eigenvalue weighted by molar-refractivity contribution is 5.79. The van der Waals surface area contributed by atoms with E-state index in [1.165, 1.54) is 18.4 Å². The van der Waals surface area contributed by atoms with E-state index in [0.29, 0.717) is 23.7 Å². The average molecular weight is 317 g/mol. The lowest BCUT2D eigenvalue weighted by atomic mass is 9.97. The fraction of sp³-hybridized carbons (Fsp3) is 0.412. The van der Waals surface area contributed by atoms with Crippen molar-refractivity contribution in [2.24, 2.45) is 5.73 Å². The summed E-state index contributed by atoms with van der Waals surface area (Å²) in [7, 11) is 0. The zero-order chi connectivity index (χ0) is 16.3. The first-order valence-corrected chi connectivity index (χ1v) is 7.82. The number of nitrogens with zero attached hydrogens (tertiary/aromatic N) is 1. The van der Waals surface area contributed by atoms with Crippen LogP contribution in [0, 0.1) is 5.82 Å². The van der Waals surface area contributed by atoms with Crippen LogP contribution in [-0.4, -0.2) is 23.0 Å². The number of nitrogens with one attached hydrogen (secondary N) is 1. The summed E-state index contributed by atoms with van der Waals surface area (Å²) in [5, 5.41) is 3.05. The minimum atomic E-state index is -0.316. The molecule has 0 bridgehead atoms. The van der Waals surface area contributed by atoms with E-state index in [2.05, 4.69) is 10.3 Å². The largest absolute Gasteiger partial charge is 0.444 e. The number of halogens is 1. The van der Waals surface area contributed by atoms with Crippen LogP contribution in [0.1, 0.15) is 31.4 Å². The molecule has 23 heavy (non-hydrogen) atoms. The smallest absolute Gasteiger partial charge is 0.226 e. The molecule has 1 aromatic heterocycles. The van der Waals surface area contributed by atoms with Crippen molar-refractivity contribution in [3.63, 3.8) is 0 Å². The van der Waals surface area contributed by atoms with E-state index >= 15 is 0 Å². The monoisotopic (exact) mass is 317 g/mol. The first-order chi connectivity index (χ1) is 11.1. The van der Waals surface area contributed by atoms with Crippen LogP contribution < -0.4 is 11.1 Å². The van der Waals surface area contributed by atoms with Crippen LogP contribution >= 0.6 is 0 Å². The predicted molar refractivity (Wildman–Crippen MR) is 84.0 cm³/mol. The molecule has 3 N–H and O–H groups in total. The zero-order valence-electron chi connectivity index (χ0n) is 12.8. The van der Waals surface area contributed by atoms with Crippen molar-refractivity contribution in [2.45, 2.75) is 37.6 Å². The number of rotatable bonds is 5. The number of nitrogens with two attached hydrogens (primary N) is 1. The molecule has 1 fully saturated rings. The second-order valence-electron chi connectivity index (χ2n) is 6.07. The fourth-order valence-electron chi connectivity index (χ4n) is 3.05. The van der Waals surface area contributed by atoms with Gasteiger partial charge in [0.2, 0.25) is 11.8 Å². The van der Waals surface area contributed by atoms with Gasteiger partial charge in [-0.05, 0) is 37.1 Å². The highest BCUT2D eigenvalue weighted by Crippen LogP contribution is 2.28. The third kappa shape index (κ3) is 3.59. The molecule has 1 amide bonds. The SMILES string of the molecule is NCC1(NC(=O)Cc2coc(-c3ccc(F)cc3)n2)CCCC1. The first kappa shape index (κ1) is 15.7.